The average molecular weight is 621 g/mol. The van der Waals surface area contributed by atoms with E-state index in [0.717, 1.165) is 40.9 Å². The summed E-state index contributed by atoms with van der Waals surface area (Å²) in [6.07, 6.45) is 6.17. The van der Waals surface area contributed by atoms with Gasteiger partial charge in [-0.1, -0.05) is 148 Å². The molecule has 1 saturated heterocycles. The molecule has 1 aliphatic rings. The van der Waals surface area contributed by atoms with Crippen LogP contribution in [0.2, 0.25) is 0 Å². The number of ether oxygens (including phenoxy) is 5. The van der Waals surface area contributed by atoms with E-state index in [1.165, 1.54) is 19.3 Å². The fourth-order valence-electron chi connectivity index (χ4n) is 5.69. The second kappa shape index (κ2) is 19.0. The highest BCUT2D eigenvalue weighted by molar-refractivity contribution is 5.18. The molecular weight excluding hydrogens is 572 g/mol. The second-order valence-corrected chi connectivity index (χ2v) is 11.9. The predicted molar refractivity (Wildman–Crippen MR) is 183 cm³/mol. The van der Waals surface area contributed by atoms with Gasteiger partial charge in [0.15, 0.2) is 6.10 Å². The topological polar surface area (TPSA) is 46.2 Å². The van der Waals surface area contributed by atoms with Gasteiger partial charge in [0, 0.05) is 0 Å². The predicted octanol–water partition coefficient (Wildman–Crippen LogP) is 9.21. The van der Waals surface area contributed by atoms with Crippen molar-refractivity contribution in [2.75, 3.05) is 6.61 Å². The van der Waals surface area contributed by atoms with Crippen LogP contribution in [0.15, 0.2) is 133 Å². The Labute approximate surface area is 275 Å². The number of hydrogen-bond donors (Lipinski definition) is 0. The van der Waals surface area contributed by atoms with E-state index in [1.807, 2.05) is 72.8 Å². The summed E-state index contributed by atoms with van der Waals surface area (Å²) in [7, 11) is 0. The Hall–Kier alpha value is -3.74. The van der Waals surface area contributed by atoms with Crippen molar-refractivity contribution in [3.05, 3.63) is 155 Å². The van der Waals surface area contributed by atoms with E-state index >= 15 is 0 Å². The average Bonchev–Trinajstić information content (AvgIpc) is 3.11. The molecule has 5 heteroatoms. The molecule has 0 radical (unpaired) electrons. The van der Waals surface area contributed by atoms with Crippen molar-refractivity contribution in [2.24, 2.45) is 0 Å². The standard InChI is InChI=1S/C41H48O5/c1-2-3-4-5-18-27-37-39(43-29-34-21-12-7-13-22-34)41(45-31-36-25-16-9-17-26-36)40(44-30-35-23-14-8-15-24-35)38(46-37)32-42-28-33-19-10-6-11-20-33/h6-17,19-27,38-41H,2-5,18,28-32H2,1H3/b37-27+/t38-,39+,40-,41-/m1/s1. The first-order valence-electron chi connectivity index (χ1n) is 16.7. The quantitative estimate of drug-likeness (QED) is 0.104. The minimum absolute atomic E-state index is 0.359. The number of rotatable bonds is 18. The first kappa shape index (κ1) is 33.6. The molecule has 0 spiro atoms. The van der Waals surface area contributed by atoms with Crippen LogP contribution >= 0.6 is 0 Å². The summed E-state index contributed by atoms with van der Waals surface area (Å²) in [6, 6.07) is 41.0. The second-order valence-electron chi connectivity index (χ2n) is 11.9. The lowest BCUT2D eigenvalue weighted by molar-refractivity contribution is -0.223. The Kier molecular flexibility index (Phi) is 13.9. The van der Waals surface area contributed by atoms with Gasteiger partial charge in [-0.05, 0) is 41.2 Å². The van der Waals surface area contributed by atoms with Crippen molar-refractivity contribution in [2.45, 2.75) is 89.9 Å². The maximum Gasteiger partial charge on any atom is 0.150 e. The molecule has 1 fully saturated rings. The van der Waals surface area contributed by atoms with Crippen LogP contribution in [0.5, 0.6) is 0 Å². The van der Waals surface area contributed by atoms with Crippen molar-refractivity contribution in [3.8, 4) is 0 Å². The first-order valence-corrected chi connectivity index (χ1v) is 16.7. The zero-order chi connectivity index (χ0) is 31.7. The van der Waals surface area contributed by atoms with Crippen LogP contribution in [0, 0.1) is 0 Å². The van der Waals surface area contributed by atoms with E-state index in [1.54, 1.807) is 0 Å². The Balaban J connectivity index is 1.43. The maximum atomic E-state index is 6.82. The van der Waals surface area contributed by atoms with Gasteiger partial charge in [0.2, 0.25) is 0 Å². The third kappa shape index (κ3) is 10.7. The molecule has 4 atom stereocenters. The molecule has 46 heavy (non-hydrogen) atoms. The molecular formula is C41H48O5. The van der Waals surface area contributed by atoms with Crippen LogP contribution in [0.3, 0.4) is 0 Å². The molecule has 0 aliphatic carbocycles. The minimum Gasteiger partial charge on any atom is -0.487 e. The monoisotopic (exact) mass is 620 g/mol. The van der Waals surface area contributed by atoms with Crippen LogP contribution in [0.1, 0.15) is 61.3 Å². The van der Waals surface area contributed by atoms with Gasteiger partial charge < -0.3 is 23.7 Å². The first-order chi connectivity index (χ1) is 22.8. The molecule has 5 nitrogen and oxygen atoms in total. The molecule has 0 saturated carbocycles. The highest BCUT2D eigenvalue weighted by Gasteiger charge is 2.46. The zero-order valence-corrected chi connectivity index (χ0v) is 27.0. The molecule has 0 bridgehead atoms. The Morgan fingerprint density at radius 2 is 1.02 bits per heavy atom. The van der Waals surface area contributed by atoms with Crippen molar-refractivity contribution >= 4 is 0 Å². The lowest BCUT2D eigenvalue weighted by Gasteiger charge is -2.43. The van der Waals surface area contributed by atoms with Gasteiger partial charge in [-0.3, -0.25) is 0 Å². The molecule has 0 amide bonds. The largest absolute Gasteiger partial charge is 0.487 e. The number of benzene rings is 4. The SMILES string of the molecule is CCCCCC/C=C1/O[C@H](COCc2ccccc2)[C@@H](OCc2ccccc2)[C@H](OCc2ccccc2)[C@H]1OCc1ccccc1. The summed E-state index contributed by atoms with van der Waals surface area (Å²) in [5.74, 6) is 0.804. The Morgan fingerprint density at radius 1 is 0.543 bits per heavy atom. The van der Waals surface area contributed by atoms with Crippen LogP contribution in [0.4, 0.5) is 0 Å². The third-order valence-electron chi connectivity index (χ3n) is 8.20. The summed E-state index contributed by atoms with van der Waals surface area (Å²) in [4.78, 5) is 0. The summed E-state index contributed by atoms with van der Waals surface area (Å²) < 4.78 is 33.4. The van der Waals surface area contributed by atoms with E-state index in [-0.39, 0.29) is 6.10 Å². The molecule has 0 aromatic heterocycles. The van der Waals surface area contributed by atoms with Gasteiger partial charge in [0.25, 0.3) is 0 Å². The lowest BCUT2D eigenvalue weighted by Crippen LogP contribution is -2.56. The van der Waals surface area contributed by atoms with Gasteiger partial charge in [-0.2, -0.15) is 0 Å². The summed E-state index contributed by atoms with van der Waals surface area (Å²) in [5, 5.41) is 0. The van der Waals surface area contributed by atoms with E-state index in [4.69, 9.17) is 23.7 Å². The lowest BCUT2D eigenvalue weighted by atomic mass is 9.96. The van der Waals surface area contributed by atoms with Crippen LogP contribution < -0.4 is 0 Å². The normalized spacial score (nSPS) is 20.4. The Morgan fingerprint density at radius 3 is 1.54 bits per heavy atom. The fraction of sp³-hybridized carbons (Fsp3) is 0.366. The van der Waals surface area contributed by atoms with Crippen molar-refractivity contribution in [1.29, 1.82) is 0 Å². The van der Waals surface area contributed by atoms with E-state index in [9.17, 15) is 0 Å². The fourth-order valence-corrected chi connectivity index (χ4v) is 5.69. The van der Waals surface area contributed by atoms with Crippen molar-refractivity contribution in [1.82, 2.24) is 0 Å². The Bertz CT molecular complexity index is 1390. The van der Waals surface area contributed by atoms with Crippen LogP contribution in [-0.2, 0) is 50.1 Å². The van der Waals surface area contributed by atoms with Gasteiger partial charge in [-0.15, -0.1) is 0 Å². The van der Waals surface area contributed by atoms with E-state index < -0.39 is 18.3 Å². The third-order valence-corrected chi connectivity index (χ3v) is 8.20. The van der Waals surface area contributed by atoms with Crippen LogP contribution in [0.25, 0.3) is 0 Å². The number of allylic oxidation sites excluding steroid dienone is 1. The molecule has 1 aliphatic heterocycles. The molecule has 0 N–H and O–H groups in total. The van der Waals surface area contributed by atoms with Gasteiger partial charge in [0.05, 0.1) is 33.0 Å². The summed E-state index contributed by atoms with van der Waals surface area (Å²) >= 11 is 0. The highest BCUT2D eigenvalue weighted by atomic mass is 16.6. The molecule has 4 aromatic carbocycles. The van der Waals surface area contributed by atoms with Crippen molar-refractivity contribution in [3.63, 3.8) is 0 Å². The highest BCUT2D eigenvalue weighted by Crippen LogP contribution is 2.33. The smallest absolute Gasteiger partial charge is 0.150 e. The summed E-state index contributed by atoms with van der Waals surface area (Å²) in [5.41, 5.74) is 4.40. The van der Waals surface area contributed by atoms with Gasteiger partial charge in [0.1, 0.15) is 24.1 Å². The molecule has 1 heterocycles. The van der Waals surface area contributed by atoms with Gasteiger partial charge >= 0.3 is 0 Å². The molecule has 0 unspecified atom stereocenters. The number of hydrogen-bond acceptors (Lipinski definition) is 5. The molecule has 5 rings (SSSR count). The minimum atomic E-state index is -0.443. The zero-order valence-electron chi connectivity index (χ0n) is 27.0. The van der Waals surface area contributed by atoms with Gasteiger partial charge in [-0.25, -0.2) is 0 Å². The van der Waals surface area contributed by atoms with Crippen LogP contribution in [-0.4, -0.2) is 31.0 Å². The van der Waals surface area contributed by atoms with E-state index in [2.05, 4.69) is 61.5 Å². The van der Waals surface area contributed by atoms with Crippen molar-refractivity contribution < 1.29 is 23.7 Å². The molecule has 4 aromatic rings. The summed E-state index contributed by atoms with van der Waals surface area (Å²) in [6.45, 7) is 4.39. The number of unbranched alkanes of at least 4 members (excludes halogenated alkanes) is 4. The maximum absolute atomic E-state index is 6.82. The van der Waals surface area contributed by atoms with E-state index in [0.29, 0.717) is 33.0 Å². The molecule has 242 valence electrons.